The van der Waals surface area contributed by atoms with E-state index < -0.39 is 36.9 Å². The van der Waals surface area contributed by atoms with Crippen molar-refractivity contribution in [3.8, 4) is 0 Å². The Morgan fingerprint density at radius 1 is 0.963 bits per heavy atom. The molecule has 1 aromatic carbocycles. The number of halogens is 1. The maximum atomic E-state index is 13.2. The number of hydrogen-bond acceptors (Lipinski definition) is 13. The number of aromatic nitrogens is 2. The van der Waals surface area contributed by atoms with E-state index in [0.717, 1.165) is 44.9 Å². The molecule has 3 amide bonds. The number of amides is 3. The number of nitrogens with one attached hydrogen (secondary N) is 2. The van der Waals surface area contributed by atoms with Gasteiger partial charge in [-0.3, -0.25) is 9.69 Å². The first-order valence-electron chi connectivity index (χ1n) is 18.9. The fraction of sp³-hybridized carbons (Fsp3) is 0.676. The van der Waals surface area contributed by atoms with Gasteiger partial charge in [0.05, 0.1) is 12.7 Å². The molecule has 1 fully saturated rings. The molecule has 1 unspecified atom stereocenters. The number of likely N-dealkylation sites (tertiary alicyclic amines) is 1. The highest BCUT2D eigenvalue weighted by atomic mass is 35.5. The molecule has 16 nitrogen and oxygen atoms in total. The third-order valence-corrected chi connectivity index (χ3v) is 10.4. The van der Waals surface area contributed by atoms with E-state index in [1.54, 1.807) is 4.90 Å². The number of nitrogens with zero attached hydrogens (tertiary/aromatic N) is 5. The molecule has 3 rings (SSSR count). The lowest BCUT2D eigenvalue weighted by Gasteiger charge is -2.38. The average Bonchev–Trinajstić information content (AvgIpc) is 3.16. The first-order chi connectivity index (χ1) is 25.7. The Hall–Kier alpha value is -3.35. The molecule has 0 radical (unpaired) electrons. The molecule has 5 atom stereocenters. The molecule has 0 spiro atoms. The van der Waals surface area contributed by atoms with Gasteiger partial charge in [-0.1, -0.05) is 62.1 Å². The van der Waals surface area contributed by atoms with Gasteiger partial charge in [-0.05, 0) is 63.2 Å². The molecule has 2 heterocycles. The summed E-state index contributed by atoms with van der Waals surface area (Å²) in [7, 11) is 2.07. The lowest BCUT2D eigenvalue weighted by molar-refractivity contribution is -0.119. The summed E-state index contributed by atoms with van der Waals surface area (Å²) in [6.07, 6.45) is 0.0278. The Morgan fingerprint density at radius 3 is 2.31 bits per heavy atom. The maximum absolute atomic E-state index is 13.2. The first kappa shape index (κ1) is 45.0. The van der Waals surface area contributed by atoms with Crippen molar-refractivity contribution >= 4 is 35.2 Å². The number of carbonyl (C=O) groups excluding carboxylic acids is 2. The number of benzene rings is 1. The summed E-state index contributed by atoms with van der Waals surface area (Å²) < 4.78 is 0. The summed E-state index contributed by atoms with van der Waals surface area (Å²) >= 11 is 6.00. The molecule has 1 saturated heterocycles. The van der Waals surface area contributed by atoms with Crippen molar-refractivity contribution < 1.29 is 35.1 Å². The van der Waals surface area contributed by atoms with Crippen molar-refractivity contribution in [2.75, 3.05) is 77.5 Å². The minimum atomic E-state index is -1.69. The first-order valence-corrected chi connectivity index (χ1v) is 19.3. The van der Waals surface area contributed by atoms with E-state index in [4.69, 9.17) is 28.2 Å². The number of nitrogens with two attached hydrogens (primary N) is 2. The summed E-state index contributed by atoms with van der Waals surface area (Å²) in [5.41, 5.74) is 13.9. The number of rotatable bonds is 22. The van der Waals surface area contributed by atoms with E-state index in [0.29, 0.717) is 45.8 Å². The molecule has 0 bridgehead atoms. The zero-order chi connectivity index (χ0) is 39.8. The number of carbonyl (C=O) groups is 2. The third kappa shape index (κ3) is 14.1. The molecule has 0 saturated carbocycles. The number of piperidine rings is 1. The van der Waals surface area contributed by atoms with Crippen molar-refractivity contribution in [2.24, 2.45) is 5.92 Å². The molecular weight excluding hydrogens is 718 g/mol. The average molecular weight is 780 g/mol. The minimum absolute atomic E-state index is 0.0303. The Labute approximate surface area is 323 Å². The van der Waals surface area contributed by atoms with Gasteiger partial charge in [-0.2, -0.15) is 0 Å². The Bertz CT molecular complexity index is 1450. The van der Waals surface area contributed by atoms with Crippen LogP contribution in [0.25, 0.3) is 0 Å². The predicted octanol–water partition coefficient (Wildman–Crippen LogP) is 0.616. The highest BCUT2D eigenvalue weighted by molar-refractivity contribution is 6.31. The van der Waals surface area contributed by atoms with Crippen LogP contribution in [-0.2, 0) is 6.42 Å². The van der Waals surface area contributed by atoms with Crippen LogP contribution in [-0.4, -0.2) is 159 Å². The number of aliphatic hydroxyl groups excluding tert-OH is 5. The highest BCUT2D eigenvalue weighted by Gasteiger charge is 2.31. The van der Waals surface area contributed by atoms with E-state index >= 15 is 0 Å². The van der Waals surface area contributed by atoms with E-state index in [9.17, 15) is 30.0 Å². The standard InChI is InChI=1S/C37H62ClN9O7/c1-4-5-6-9-15-46(22-28(49)31(51)32(52)29(50)23-48)18-14-41-37(54)47-16-12-27(13-17-47)45(3)21-25(19-26-11-8-7-10-24(26)2)20-42-36(53)30-34(39)44-35(40)33(38)43-30/h7-8,10-11,25,27-29,31-32,48-52H,4-6,9,12-23H2,1-3H3,(H,41,54)(H,42,53)(H4,39,40,44)/t25?,28-,29+,31+,32+/m0/s1. The number of nitrogen functional groups attached to an aromatic ring is 2. The molecule has 1 aromatic heterocycles. The zero-order valence-electron chi connectivity index (χ0n) is 31.9. The molecule has 11 N–H and O–H groups in total. The van der Waals surface area contributed by atoms with Gasteiger partial charge in [0.15, 0.2) is 22.5 Å². The minimum Gasteiger partial charge on any atom is -0.394 e. The molecule has 17 heteroatoms. The molecule has 54 heavy (non-hydrogen) atoms. The van der Waals surface area contributed by atoms with Crippen LogP contribution in [0.4, 0.5) is 16.4 Å². The Kier molecular flexibility index (Phi) is 19.1. The Balaban J connectivity index is 1.53. The highest BCUT2D eigenvalue weighted by Crippen LogP contribution is 2.21. The van der Waals surface area contributed by atoms with E-state index in [2.05, 4.69) is 58.5 Å². The fourth-order valence-electron chi connectivity index (χ4n) is 6.77. The molecule has 1 aliphatic heterocycles. The van der Waals surface area contributed by atoms with Crippen molar-refractivity contribution in [1.29, 1.82) is 0 Å². The van der Waals surface area contributed by atoms with Crippen molar-refractivity contribution in [2.45, 2.75) is 89.3 Å². The zero-order valence-corrected chi connectivity index (χ0v) is 32.7. The summed E-state index contributed by atoms with van der Waals surface area (Å²) in [4.78, 5) is 40.2. The monoisotopic (exact) mass is 779 g/mol. The van der Waals surface area contributed by atoms with Crippen molar-refractivity contribution in [3.63, 3.8) is 0 Å². The van der Waals surface area contributed by atoms with Gasteiger partial charge in [0.2, 0.25) is 0 Å². The lowest BCUT2D eigenvalue weighted by Crippen LogP contribution is -2.52. The summed E-state index contributed by atoms with van der Waals surface area (Å²) in [6.45, 7) is 7.05. The normalized spacial score (nSPS) is 16.6. The van der Waals surface area contributed by atoms with Gasteiger partial charge in [0.25, 0.3) is 5.91 Å². The van der Waals surface area contributed by atoms with Crippen molar-refractivity contribution in [1.82, 2.24) is 35.3 Å². The predicted molar refractivity (Wildman–Crippen MR) is 209 cm³/mol. The topological polar surface area (TPSA) is 247 Å². The van der Waals surface area contributed by atoms with Crippen LogP contribution >= 0.6 is 11.6 Å². The van der Waals surface area contributed by atoms with Gasteiger partial charge in [-0.15, -0.1) is 0 Å². The van der Waals surface area contributed by atoms with Crippen LogP contribution in [0, 0.1) is 12.8 Å². The smallest absolute Gasteiger partial charge is 0.317 e. The quantitative estimate of drug-likeness (QED) is 0.0745. The number of aliphatic hydroxyl groups is 5. The summed E-state index contributed by atoms with van der Waals surface area (Å²) in [5.74, 6) is -0.572. The maximum Gasteiger partial charge on any atom is 0.317 e. The SMILES string of the molecule is CCCCCCN(CCNC(=O)N1CCC(N(C)CC(CNC(=O)c2nc(Cl)c(N)nc2N)Cc2ccccc2C)CC1)C[C@H](O)[C@@H](O)[C@H](O)[C@H](O)CO. The Morgan fingerprint density at radius 2 is 1.65 bits per heavy atom. The largest absolute Gasteiger partial charge is 0.394 e. The lowest BCUT2D eigenvalue weighted by atomic mass is 9.94. The number of urea groups is 1. The van der Waals surface area contributed by atoms with Crippen LogP contribution in [0.15, 0.2) is 24.3 Å². The number of unbranched alkanes of at least 4 members (excludes halogenated alkanes) is 3. The summed E-state index contributed by atoms with van der Waals surface area (Å²) in [5, 5.41) is 55.6. The van der Waals surface area contributed by atoms with E-state index in [1.165, 1.54) is 11.1 Å². The number of anilines is 2. The van der Waals surface area contributed by atoms with Gasteiger partial charge >= 0.3 is 6.03 Å². The second kappa shape index (κ2) is 22.9. The summed E-state index contributed by atoms with van der Waals surface area (Å²) in [6, 6.07) is 8.23. The van der Waals surface area contributed by atoms with Gasteiger partial charge < -0.3 is 57.4 Å². The molecule has 2 aromatic rings. The van der Waals surface area contributed by atoms with Crippen LogP contribution in [0.5, 0.6) is 0 Å². The van der Waals surface area contributed by atoms with Gasteiger partial charge in [-0.25, -0.2) is 14.8 Å². The fourth-order valence-corrected chi connectivity index (χ4v) is 6.90. The van der Waals surface area contributed by atoms with Crippen LogP contribution < -0.4 is 22.1 Å². The number of aryl methyl sites for hydroxylation is 1. The molecular formula is C37H62ClN9O7. The van der Waals surface area contributed by atoms with E-state index in [1.807, 2.05) is 17.0 Å². The van der Waals surface area contributed by atoms with Gasteiger partial charge in [0, 0.05) is 51.9 Å². The molecule has 304 valence electrons. The van der Waals surface area contributed by atoms with Crippen molar-refractivity contribution in [3.05, 3.63) is 46.2 Å². The van der Waals surface area contributed by atoms with Crippen LogP contribution in [0.2, 0.25) is 5.15 Å². The van der Waals surface area contributed by atoms with Gasteiger partial charge in [0.1, 0.15) is 18.3 Å². The van der Waals surface area contributed by atoms with E-state index in [-0.39, 0.29) is 47.0 Å². The second-order valence-electron chi connectivity index (χ2n) is 14.4. The van der Waals surface area contributed by atoms with Crippen LogP contribution in [0.3, 0.4) is 0 Å². The molecule has 0 aliphatic carbocycles. The number of hydrogen-bond donors (Lipinski definition) is 9. The second-order valence-corrected chi connectivity index (χ2v) is 14.7. The third-order valence-electron chi connectivity index (χ3n) is 10.2. The molecule has 1 aliphatic rings. The van der Waals surface area contributed by atoms with Crippen LogP contribution in [0.1, 0.15) is 67.1 Å².